The van der Waals surface area contributed by atoms with Crippen molar-refractivity contribution in [3.63, 3.8) is 0 Å². The quantitative estimate of drug-likeness (QED) is 0.255. The lowest BCUT2D eigenvalue weighted by Gasteiger charge is -2.33. The van der Waals surface area contributed by atoms with Gasteiger partial charge in [-0.1, -0.05) is 24.3 Å². The van der Waals surface area contributed by atoms with Gasteiger partial charge < -0.3 is 24.0 Å². The van der Waals surface area contributed by atoms with Gasteiger partial charge in [0.1, 0.15) is 5.75 Å². The van der Waals surface area contributed by atoms with Crippen LogP contribution in [0, 0.1) is 6.92 Å². The highest BCUT2D eigenvalue weighted by Gasteiger charge is 2.52. The van der Waals surface area contributed by atoms with E-state index in [-0.39, 0.29) is 11.1 Å². The van der Waals surface area contributed by atoms with Crippen LogP contribution in [-0.2, 0) is 16.9 Å². The summed E-state index contributed by atoms with van der Waals surface area (Å²) in [5.74, 6) is -1.03. The molecule has 0 amide bonds. The highest BCUT2D eigenvalue weighted by molar-refractivity contribution is 6.01. The number of rotatable bonds is 9. The smallest absolute Gasteiger partial charge is 0.340 e. The van der Waals surface area contributed by atoms with Gasteiger partial charge in [0.25, 0.3) is 0 Å². The summed E-state index contributed by atoms with van der Waals surface area (Å²) in [5, 5.41) is 10.6. The average Bonchev–Trinajstić information content (AvgIpc) is 3.39. The van der Waals surface area contributed by atoms with E-state index >= 15 is 0 Å². The van der Waals surface area contributed by atoms with E-state index in [0.29, 0.717) is 23.5 Å². The number of carbonyl (C=O) groups excluding carboxylic acids is 1. The Morgan fingerprint density at radius 1 is 1.00 bits per heavy atom. The molecule has 1 aliphatic rings. The number of hydrogen-bond acceptors (Lipinski definition) is 5. The molecule has 1 unspecified atom stereocenters. The standard InChI is InChI=1S/C32H34N2O5/c1-6-33(7-2)22-15-17-26(28(19-22)38-9-4)32(25-16-14-21(30(35)36)18-24(25)31(37)39-32)29-20(5)34(8-3)27-13-11-10-12-23(27)29/h10-19H,6-9H2,1-5H3,(H,35,36). The summed E-state index contributed by atoms with van der Waals surface area (Å²) in [6, 6.07) is 18.8. The summed E-state index contributed by atoms with van der Waals surface area (Å²) in [6.45, 7) is 13.1. The van der Waals surface area contributed by atoms with Crippen molar-refractivity contribution in [3.05, 3.63) is 94.2 Å². The number of esters is 1. The van der Waals surface area contributed by atoms with Gasteiger partial charge in [0.2, 0.25) is 0 Å². The lowest BCUT2D eigenvalue weighted by Crippen LogP contribution is -2.31. The molecule has 1 atom stereocenters. The Morgan fingerprint density at radius 2 is 1.72 bits per heavy atom. The van der Waals surface area contributed by atoms with Crippen molar-refractivity contribution in [2.24, 2.45) is 0 Å². The first-order valence-electron chi connectivity index (χ1n) is 13.5. The van der Waals surface area contributed by atoms with E-state index in [1.165, 1.54) is 12.1 Å². The minimum absolute atomic E-state index is 0.0381. The van der Waals surface area contributed by atoms with Crippen molar-refractivity contribution in [1.82, 2.24) is 4.57 Å². The van der Waals surface area contributed by atoms with Gasteiger partial charge >= 0.3 is 11.9 Å². The van der Waals surface area contributed by atoms with E-state index in [4.69, 9.17) is 9.47 Å². The van der Waals surface area contributed by atoms with Gasteiger partial charge in [-0.25, -0.2) is 9.59 Å². The monoisotopic (exact) mass is 526 g/mol. The summed E-state index contributed by atoms with van der Waals surface area (Å²) in [7, 11) is 0. The molecule has 4 aromatic rings. The topological polar surface area (TPSA) is 81.0 Å². The van der Waals surface area contributed by atoms with Crippen LogP contribution in [0.4, 0.5) is 5.69 Å². The Kier molecular flexibility index (Phi) is 6.85. The molecule has 1 N–H and O–H groups in total. The second kappa shape index (κ2) is 10.1. The number of fused-ring (bicyclic) bond motifs is 2. The third-order valence-electron chi connectivity index (χ3n) is 7.78. The molecule has 3 aromatic carbocycles. The molecule has 5 rings (SSSR count). The fourth-order valence-corrected chi connectivity index (χ4v) is 6.07. The predicted octanol–water partition coefficient (Wildman–Crippen LogP) is 6.38. The Hall–Kier alpha value is -4.26. The van der Waals surface area contributed by atoms with Gasteiger partial charge in [-0.2, -0.15) is 0 Å². The van der Waals surface area contributed by atoms with E-state index < -0.39 is 17.5 Å². The zero-order chi connectivity index (χ0) is 27.9. The Bertz CT molecular complexity index is 1580. The molecular weight excluding hydrogens is 492 g/mol. The Labute approximate surface area is 228 Å². The molecular formula is C32H34N2O5. The number of ether oxygens (including phenoxy) is 2. The number of aromatic carboxylic acids is 1. The fraction of sp³-hybridized carbons (Fsp3) is 0.312. The Balaban J connectivity index is 1.92. The zero-order valence-corrected chi connectivity index (χ0v) is 23.1. The van der Waals surface area contributed by atoms with Gasteiger partial charge in [0.15, 0.2) is 5.60 Å². The maximum atomic E-state index is 13.6. The van der Waals surface area contributed by atoms with Crippen LogP contribution < -0.4 is 9.64 Å². The van der Waals surface area contributed by atoms with Crippen LogP contribution in [0.1, 0.15) is 70.8 Å². The van der Waals surface area contributed by atoms with E-state index in [1.807, 2.05) is 50.2 Å². The van der Waals surface area contributed by atoms with Crippen molar-refractivity contribution in [3.8, 4) is 5.75 Å². The molecule has 0 spiro atoms. The summed E-state index contributed by atoms with van der Waals surface area (Å²) in [4.78, 5) is 27.6. The number of benzene rings is 3. The average molecular weight is 527 g/mol. The van der Waals surface area contributed by atoms with E-state index in [2.05, 4.69) is 36.3 Å². The molecule has 7 heteroatoms. The van der Waals surface area contributed by atoms with Gasteiger partial charge in [0.05, 0.1) is 17.7 Å². The zero-order valence-electron chi connectivity index (χ0n) is 23.1. The molecule has 0 bridgehead atoms. The molecule has 0 fully saturated rings. The van der Waals surface area contributed by atoms with Crippen molar-refractivity contribution < 1.29 is 24.2 Å². The van der Waals surface area contributed by atoms with Gasteiger partial charge in [-0.15, -0.1) is 0 Å². The third kappa shape index (κ3) is 3.95. The number of carboxylic acid groups (broad SMARTS) is 1. The highest BCUT2D eigenvalue weighted by Crippen LogP contribution is 2.53. The first kappa shape index (κ1) is 26.4. The number of para-hydroxylation sites is 1. The van der Waals surface area contributed by atoms with E-state index in [1.54, 1.807) is 6.07 Å². The van der Waals surface area contributed by atoms with Crippen LogP contribution in [0.5, 0.6) is 5.75 Å². The first-order valence-corrected chi connectivity index (χ1v) is 13.5. The van der Waals surface area contributed by atoms with Crippen molar-refractivity contribution in [2.45, 2.75) is 46.8 Å². The minimum atomic E-state index is -1.33. The largest absolute Gasteiger partial charge is 0.493 e. The lowest BCUT2D eigenvalue weighted by molar-refractivity contribution is 0.0246. The number of hydrogen-bond donors (Lipinski definition) is 1. The summed E-state index contributed by atoms with van der Waals surface area (Å²) in [6.07, 6.45) is 0. The number of aryl methyl sites for hydroxylation is 1. The molecule has 1 aromatic heterocycles. The lowest BCUT2D eigenvalue weighted by atomic mass is 9.77. The van der Waals surface area contributed by atoms with E-state index in [9.17, 15) is 14.7 Å². The SMILES string of the molecule is CCOc1cc(N(CC)CC)ccc1C1(c2c(C)n(CC)c3ccccc23)OC(=O)c2cc(C(=O)O)ccc21. The molecule has 0 saturated carbocycles. The number of carboxylic acids is 1. The molecule has 0 radical (unpaired) electrons. The molecule has 2 heterocycles. The summed E-state index contributed by atoms with van der Waals surface area (Å²) >= 11 is 0. The maximum absolute atomic E-state index is 13.6. The van der Waals surface area contributed by atoms with Gasteiger partial charge in [-0.3, -0.25) is 0 Å². The molecule has 202 valence electrons. The summed E-state index contributed by atoms with van der Waals surface area (Å²) in [5.41, 5.74) is 4.14. The highest BCUT2D eigenvalue weighted by atomic mass is 16.6. The number of anilines is 1. The Morgan fingerprint density at radius 3 is 2.38 bits per heavy atom. The van der Waals surface area contributed by atoms with Crippen LogP contribution >= 0.6 is 0 Å². The molecule has 0 saturated heterocycles. The first-order chi connectivity index (χ1) is 18.8. The molecule has 7 nitrogen and oxygen atoms in total. The van der Waals surface area contributed by atoms with Gasteiger partial charge in [-0.05, 0) is 65.0 Å². The van der Waals surface area contributed by atoms with Crippen LogP contribution in [0.2, 0.25) is 0 Å². The van der Waals surface area contributed by atoms with Gasteiger partial charge in [0, 0.05) is 64.7 Å². The number of cyclic esters (lactones) is 1. The summed E-state index contributed by atoms with van der Waals surface area (Å²) < 4.78 is 14.9. The normalized spacial score (nSPS) is 16.3. The fourth-order valence-electron chi connectivity index (χ4n) is 6.07. The van der Waals surface area contributed by atoms with Crippen molar-refractivity contribution in [1.29, 1.82) is 0 Å². The van der Waals surface area contributed by atoms with E-state index in [0.717, 1.165) is 47.5 Å². The van der Waals surface area contributed by atoms with Crippen LogP contribution in [0.25, 0.3) is 10.9 Å². The number of nitrogens with zero attached hydrogens (tertiary/aromatic N) is 2. The predicted molar refractivity (Wildman–Crippen MR) is 152 cm³/mol. The maximum Gasteiger partial charge on any atom is 0.340 e. The van der Waals surface area contributed by atoms with Crippen molar-refractivity contribution in [2.75, 3.05) is 24.6 Å². The molecule has 0 aliphatic carbocycles. The third-order valence-corrected chi connectivity index (χ3v) is 7.78. The van der Waals surface area contributed by atoms with Crippen LogP contribution in [-0.4, -0.2) is 41.3 Å². The number of aromatic nitrogens is 1. The minimum Gasteiger partial charge on any atom is -0.493 e. The number of carbonyl (C=O) groups is 2. The second-order valence-corrected chi connectivity index (χ2v) is 9.64. The second-order valence-electron chi connectivity index (χ2n) is 9.64. The molecule has 1 aliphatic heterocycles. The molecule has 39 heavy (non-hydrogen) atoms. The van der Waals surface area contributed by atoms with Crippen LogP contribution in [0.3, 0.4) is 0 Å². The van der Waals surface area contributed by atoms with Crippen molar-refractivity contribution >= 4 is 28.5 Å². The van der Waals surface area contributed by atoms with Crippen LogP contribution in [0.15, 0.2) is 60.7 Å².